The molecule has 1 aliphatic heterocycles. The number of amides is 1. The average Bonchev–Trinajstić information content (AvgIpc) is 3.13. The van der Waals surface area contributed by atoms with Gasteiger partial charge in [-0.15, -0.1) is 12.4 Å². The lowest BCUT2D eigenvalue weighted by atomic mass is 10.0. The summed E-state index contributed by atoms with van der Waals surface area (Å²) in [5.74, 6) is 0.861. The van der Waals surface area contributed by atoms with Gasteiger partial charge in [0.2, 0.25) is 5.91 Å². The van der Waals surface area contributed by atoms with Crippen molar-refractivity contribution in [3.05, 3.63) is 66.2 Å². The normalized spacial score (nSPS) is 16.4. The van der Waals surface area contributed by atoms with E-state index in [1.54, 1.807) is 0 Å². The number of para-hydroxylation sites is 1. The van der Waals surface area contributed by atoms with Crippen LogP contribution in [0.1, 0.15) is 24.8 Å². The zero-order valence-electron chi connectivity index (χ0n) is 13.9. The van der Waals surface area contributed by atoms with Gasteiger partial charge in [-0.2, -0.15) is 0 Å². The number of anilines is 1. The molecule has 0 aliphatic carbocycles. The maximum atomic E-state index is 12.8. The summed E-state index contributed by atoms with van der Waals surface area (Å²) in [6.07, 6.45) is 2.79. The van der Waals surface area contributed by atoms with Crippen LogP contribution in [0.5, 0.6) is 0 Å². The first-order valence-electron chi connectivity index (χ1n) is 8.43. The van der Waals surface area contributed by atoms with Crippen LogP contribution in [0.15, 0.2) is 60.7 Å². The topological polar surface area (TPSA) is 32.3 Å². The molecule has 0 spiro atoms. The summed E-state index contributed by atoms with van der Waals surface area (Å²) in [5, 5.41) is 3.37. The summed E-state index contributed by atoms with van der Waals surface area (Å²) >= 11 is 0. The van der Waals surface area contributed by atoms with Crippen molar-refractivity contribution in [2.24, 2.45) is 5.92 Å². The fourth-order valence-electron chi connectivity index (χ4n) is 3.12. The maximum Gasteiger partial charge on any atom is 0.227 e. The molecule has 1 fully saturated rings. The summed E-state index contributed by atoms with van der Waals surface area (Å²) in [4.78, 5) is 14.7. The number of hydrogen-bond acceptors (Lipinski definition) is 2. The van der Waals surface area contributed by atoms with Gasteiger partial charge in [-0.25, -0.2) is 0 Å². The van der Waals surface area contributed by atoms with Crippen LogP contribution in [0.4, 0.5) is 5.69 Å². The van der Waals surface area contributed by atoms with Crippen LogP contribution in [0.25, 0.3) is 0 Å². The number of halogens is 1. The number of hydrogen-bond donors (Lipinski definition) is 1. The third-order valence-corrected chi connectivity index (χ3v) is 4.48. The van der Waals surface area contributed by atoms with E-state index in [9.17, 15) is 4.79 Å². The molecule has 2 aromatic carbocycles. The molecule has 0 radical (unpaired) electrons. The van der Waals surface area contributed by atoms with Gasteiger partial charge in [0.25, 0.3) is 0 Å². The molecule has 1 N–H and O–H groups in total. The van der Waals surface area contributed by atoms with E-state index in [4.69, 9.17) is 0 Å². The largest absolute Gasteiger partial charge is 0.316 e. The molecule has 0 bridgehead atoms. The van der Waals surface area contributed by atoms with Gasteiger partial charge >= 0.3 is 0 Å². The smallest absolute Gasteiger partial charge is 0.227 e. The average molecular weight is 345 g/mol. The van der Waals surface area contributed by atoms with Gasteiger partial charge in [0.15, 0.2) is 0 Å². The highest BCUT2D eigenvalue weighted by molar-refractivity contribution is 5.93. The van der Waals surface area contributed by atoms with Crippen LogP contribution in [-0.4, -0.2) is 19.0 Å². The summed E-state index contributed by atoms with van der Waals surface area (Å²) in [5.41, 5.74) is 2.14. The third kappa shape index (κ3) is 5.08. The van der Waals surface area contributed by atoms with Gasteiger partial charge < -0.3 is 10.2 Å². The highest BCUT2D eigenvalue weighted by Crippen LogP contribution is 2.21. The Bertz CT molecular complexity index is 612. The van der Waals surface area contributed by atoms with Crippen molar-refractivity contribution >= 4 is 24.0 Å². The van der Waals surface area contributed by atoms with Crippen LogP contribution in [0.2, 0.25) is 0 Å². The maximum absolute atomic E-state index is 12.8. The van der Waals surface area contributed by atoms with Crippen molar-refractivity contribution in [1.29, 1.82) is 0 Å². The number of carbonyl (C=O) groups excluding carboxylic acids is 1. The first kappa shape index (κ1) is 18.5. The van der Waals surface area contributed by atoms with Crippen LogP contribution in [-0.2, 0) is 11.3 Å². The predicted octanol–water partition coefficient (Wildman–Crippen LogP) is 4.03. The lowest BCUT2D eigenvalue weighted by molar-refractivity contribution is -0.119. The standard InChI is InChI=1S/C20H24N2O.ClH/c23-20(12-11-17-13-14-21-15-17)22(19-9-5-2-6-10-19)16-18-7-3-1-4-8-18;/h1-10,17,21H,11-16H2;1H. The number of nitrogens with zero attached hydrogens (tertiary/aromatic N) is 1. The van der Waals surface area contributed by atoms with Gasteiger partial charge in [0.1, 0.15) is 0 Å². The number of benzene rings is 2. The molecule has 3 rings (SSSR count). The summed E-state index contributed by atoms with van der Waals surface area (Å²) in [7, 11) is 0. The van der Waals surface area contributed by atoms with E-state index in [2.05, 4.69) is 17.4 Å². The summed E-state index contributed by atoms with van der Waals surface area (Å²) in [6.45, 7) is 2.77. The van der Waals surface area contributed by atoms with Crippen LogP contribution in [0.3, 0.4) is 0 Å². The third-order valence-electron chi connectivity index (χ3n) is 4.48. The fourth-order valence-corrected chi connectivity index (χ4v) is 3.12. The first-order chi connectivity index (χ1) is 11.3. The fraction of sp³-hybridized carbons (Fsp3) is 0.350. The highest BCUT2D eigenvalue weighted by Gasteiger charge is 2.20. The summed E-state index contributed by atoms with van der Waals surface area (Å²) in [6, 6.07) is 20.2. The van der Waals surface area contributed by atoms with E-state index in [1.165, 1.54) is 6.42 Å². The molecule has 2 aromatic rings. The van der Waals surface area contributed by atoms with Crippen molar-refractivity contribution in [1.82, 2.24) is 5.32 Å². The Kier molecular flexibility index (Phi) is 7.29. The zero-order chi connectivity index (χ0) is 15.9. The van der Waals surface area contributed by atoms with Gasteiger partial charge in [0.05, 0.1) is 6.54 Å². The van der Waals surface area contributed by atoms with Crippen LogP contribution >= 0.6 is 12.4 Å². The van der Waals surface area contributed by atoms with Gasteiger partial charge in [-0.3, -0.25) is 4.79 Å². The molecule has 1 aliphatic rings. The number of carbonyl (C=O) groups is 1. The van der Waals surface area contributed by atoms with Crippen molar-refractivity contribution in [3.8, 4) is 0 Å². The molecule has 1 heterocycles. The molecule has 1 atom stereocenters. The molecule has 3 nitrogen and oxygen atoms in total. The van der Waals surface area contributed by atoms with Crippen molar-refractivity contribution in [2.45, 2.75) is 25.8 Å². The lowest BCUT2D eigenvalue weighted by Gasteiger charge is -2.23. The summed E-state index contributed by atoms with van der Waals surface area (Å²) < 4.78 is 0. The second-order valence-corrected chi connectivity index (χ2v) is 6.20. The van der Waals surface area contributed by atoms with E-state index < -0.39 is 0 Å². The van der Waals surface area contributed by atoms with E-state index in [1.807, 2.05) is 53.4 Å². The second-order valence-electron chi connectivity index (χ2n) is 6.20. The van der Waals surface area contributed by atoms with Crippen molar-refractivity contribution in [2.75, 3.05) is 18.0 Å². The zero-order valence-corrected chi connectivity index (χ0v) is 14.7. The molecule has 4 heteroatoms. The molecule has 1 amide bonds. The van der Waals surface area contributed by atoms with E-state index in [-0.39, 0.29) is 18.3 Å². The molecule has 128 valence electrons. The molecule has 0 aromatic heterocycles. The Hall–Kier alpha value is -1.84. The van der Waals surface area contributed by atoms with Crippen molar-refractivity contribution in [3.63, 3.8) is 0 Å². The Labute approximate surface area is 150 Å². The minimum Gasteiger partial charge on any atom is -0.316 e. The lowest BCUT2D eigenvalue weighted by Crippen LogP contribution is -2.30. The molecular formula is C20H25ClN2O. The minimum atomic E-state index is 0. The van der Waals surface area contributed by atoms with E-state index in [0.717, 1.165) is 30.8 Å². The number of rotatable bonds is 6. The Morgan fingerprint density at radius 3 is 2.33 bits per heavy atom. The number of nitrogens with one attached hydrogen (secondary N) is 1. The van der Waals surface area contributed by atoms with Crippen LogP contribution in [0, 0.1) is 5.92 Å². The molecule has 0 saturated carbocycles. The highest BCUT2D eigenvalue weighted by atomic mass is 35.5. The molecule has 1 saturated heterocycles. The predicted molar refractivity (Wildman–Crippen MR) is 102 cm³/mol. The van der Waals surface area contributed by atoms with E-state index in [0.29, 0.717) is 18.9 Å². The monoisotopic (exact) mass is 344 g/mol. The van der Waals surface area contributed by atoms with Crippen molar-refractivity contribution < 1.29 is 4.79 Å². The quantitative estimate of drug-likeness (QED) is 0.858. The van der Waals surface area contributed by atoms with E-state index >= 15 is 0 Å². The Morgan fingerprint density at radius 1 is 1.04 bits per heavy atom. The van der Waals surface area contributed by atoms with Gasteiger partial charge in [-0.05, 0) is 49.5 Å². The minimum absolute atomic E-state index is 0. The second kappa shape index (κ2) is 9.45. The Morgan fingerprint density at radius 2 is 1.71 bits per heavy atom. The SMILES string of the molecule is Cl.O=C(CCC1CCNC1)N(Cc1ccccc1)c1ccccc1. The van der Waals surface area contributed by atoms with Gasteiger partial charge in [0, 0.05) is 12.1 Å². The van der Waals surface area contributed by atoms with Gasteiger partial charge in [-0.1, -0.05) is 48.5 Å². The Balaban J connectivity index is 0.00000208. The molecule has 24 heavy (non-hydrogen) atoms. The molecule has 1 unspecified atom stereocenters. The first-order valence-corrected chi connectivity index (χ1v) is 8.43. The molecular weight excluding hydrogens is 320 g/mol. The van der Waals surface area contributed by atoms with Crippen LogP contribution < -0.4 is 10.2 Å².